The van der Waals surface area contributed by atoms with Crippen LogP contribution in [-0.2, 0) is 13.0 Å². The highest BCUT2D eigenvalue weighted by Crippen LogP contribution is 2.38. The molecule has 0 amide bonds. The number of likely N-dealkylation sites (tertiary alicyclic amines) is 1. The summed E-state index contributed by atoms with van der Waals surface area (Å²) in [5.41, 5.74) is 8.62. The van der Waals surface area contributed by atoms with Crippen LogP contribution < -0.4 is 5.73 Å². The van der Waals surface area contributed by atoms with E-state index in [4.69, 9.17) is 5.73 Å². The van der Waals surface area contributed by atoms with Crippen LogP contribution >= 0.6 is 0 Å². The van der Waals surface area contributed by atoms with E-state index in [-0.39, 0.29) is 0 Å². The third-order valence-corrected chi connectivity index (χ3v) is 4.43. The van der Waals surface area contributed by atoms with E-state index in [2.05, 4.69) is 29.2 Å². The first-order chi connectivity index (χ1) is 8.36. The monoisotopic (exact) mass is 230 g/mol. The number of hydrogen-bond acceptors (Lipinski definition) is 2. The maximum Gasteiger partial charge on any atom is 0.0239 e. The lowest BCUT2D eigenvalue weighted by Crippen LogP contribution is -2.31. The van der Waals surface area contributed by atoms with Crippen LogP contribution in [0.1, 0.15) is 30.4 Å². The fourth-order valence-corrected chi connectivity index (χ4v) is 3.55. The molecule has 1 saturated heterocycles. The maximum absolute atomic E-state index is 5.68. The topological polar surface area (TPSA) is 29.3 Å². The van der Waals surface area contributed by atoms with Crippen molar-refractivity contribution in [1.82, 2.24) is 4.90 Å². The third kappa shape index (κ3) is 2.24. The van der Waals surface area contributed by atoms with Gasteiger partial charge in [0.15, 0.2) is 0 Å². The first kappa shape index (κ1) is 11.2. The van der Waals surface area contributed by atoms with Gasteiger partial charge in [0.25, 0.3) is 0 Å². The van der Waals surface area contributed by atoms with Gasteiger partial charge in [0.1, 0.15) is 0 Å². The lowest BCUT2D eigenvalue weighted by molar-refractivity contribution is 0.205. The van der Waals surface area contributed by atoms with Crippen LogP contribution in [0.5, 0.6) is 0 Å². The van der Waals surface area contributed by atoms with Gasteiger partial charge in [-0.3, -0.25) is 4.90 Å². The van der Waals surface area contributed by atoms with Crippen LogP contribution in [0.3, 0.4) is 0 Å². The Hall–Kier alpha value is -0.860. The standard InChI is InChI=1S/C15H22N2/c16-8-7-13-3-1-2-4-14(13)11-17-10-12-5-6-15(17)9-12/h1-4,12,15H,5-11,16H2. The minimum absolute atomic E-state index is 0.753. The molecule has 17 heavy (non-hydrogen) atoms. The Balaban J connectivity index is 1.72. The summed E-state index contributed by atoms with van der Waals surface area (Å²) >= 11 is 0. The van der Waals surface area contributed by atoms with E-state index < -0.39 is 0 Å². The Morgan fingerprint density at radius 3 is 2.65 bits per heavy atom. The van der Waals surface area contributed by atoms with Crippen molar-refractivity contribution < 1.29 is 0 Å². The average Bonchev–Trinajstić information content (AvgIpc) is 2.94. The normalized spacial score (nSPS) is 27.8. The summed E-state index contributed by atoms with van der Waals surface area (Å²) in [4.78, 5) is 2.68. The van der Waals surface area contributed by atoms with Gasteiger partial charge in [0, 0.05) is 19.1 Å². The van der Waals surface area contributed by atoms with Gasteiger partial charge in [0.2, 0.25) is 0 Å². The van der Waals surface area contributed by atoms with E-state index in [1.165, 1.54) is 36.9 Å². The highest BCUT2D eigenvalue weighted by molar-refractivity contribution is 5.27. The van der Waals surface area contributed by atoms with Crippen LogP contribution in [0.4, 0.5) is 0 Å². The Morgan fingerprint density at radius 2 is 2.00 bits per heavy atom. The molecule has 1 aliphatic carbocycles. The number of nitrogens with two attached hydrogens (primary N) is 1. The molecule has 2 N–H and O–H groups in total. The van der Waals surface area contributed by atoms with Gasteiger partial charge in [-0.25, -0.2) is 0 Å². The summed E-state index contributed by atoms with van der Waals surface area (Å²) in [6.07, 6.45) is 5.34. The summed E-state index contributed by atoms with van der Waals surface area (Å²) in [6.45, 7) is 3.21. The fourth-order valence-electron chi connectivity index (χ4n) is 3.55. The first-order valence-electron chi connectivity index (χ1n) is 6.87. The molecule has 1 aliphatic heterocycles. The molecule has 2 fully saturated rings. The molecule has 2 atom stereocenters. The molecular weight excluding hydrogens is 208 g/mol. The second kappa shape index (κ2) is 4.79. The van der Waals surface area contributed by atoms with Gasteiger partial charge in [-0.1, -0.05) is 24.3 Å². The van der Waals surface area contributed by atoms with Gasteiger partial charge in [0.05, 0.1) is 0 Å². The average molecular weight is 230 g/mol. The fraction of sp³-hybridized carbons (Fsp3) is 0.600. The molecule has 92 valence electrons. The Morgan fingerprint density at radius 1 is 1.18 bits per heavy atom. The second-order valence-corrected chi connectivity index (χ2v) is 5.57. The molecule has 2 heteroatoms. The molecular formula is C15H22N2. The molecule has 1 aromatic carbocycles. The predicted molar refractivity (Wildman–Crippen MR) is 70.7 cm³/mol. The van der Waals surface area contributed by atoms with Crippen LogP contribution in [0.2, 0.25) is 0 Å². The summed E-state index contributed by atoms with van der Waals surface area (Å²) in [5, 5.41) is 0. The van der Waals surface area contributed by atoms with Gasteiger partial charge in [-0.15, -0.1) is 0 Å². The summed E-state index contributed by atoms with van der Waals surface area (Å²) in [7, 11) is 0. The summed E-state index contributed by atoms with van der Waals surface area (Å²) in [6, 6.07) is 9.66. The van der Waals surface area contributed by atoms with Crippen molar-refractivity contribution in [3.63, 3.8) is 0 Å². The number of nitrogens with zero attached hydrogens (tertiary/aromatic N) is 1. The zero-order chi connectivity index (χ0) is 11.7. The number of piperidine rings is 1. The zero-order valence-electron chi connectivity index (χ0n) is 10.4. The molecule has 0 spiro atoms. The van der Waals surface area contributed by atoms with E-state index in [9.17, 15) is 0 Å². The molecule has 1 saturated carbocycles. The second-order valence-electron chi connectivity index (χ2n) is 5.57. The van der Waals surface area contributed by atoms with E-state index in [1.807, 2.05) is 0 Å². The van der Waals surface area contributed by atoms with Gasteiger partial charge in [-0.05, 0) is 49.3 Å². The van der Waals surface area contributed by atoms with Crippen molar-refractivity contribution >= 4 is 0 Å². The van der Waals surface area contributed by atoms with Crippen LogP contribution in [0.25, 0.3) is 0 Å². The number of fused-ring (bicyclic) bond motifs is 2. The van der Waals surface area contributed by atoms with E-state index in [1.54, 1.807) is 0 Å². The molecule has 2 nitrogen and oxygen atoms in total. The molecule has 2 bridgehead atoms. The molecule has 0 aromatic heterocycles. The summed E-state index contributed by atoms with van der Waals surface area (Å²) < 4.78 is 0. The SMILES string of the molecule is NCCc1ccccc1CN1CC2CCC1C2. The zero-order valence-corrected chi connectivity index (χ0v) is 10.4. The lowest BCUT2D eigenvalue weighted by Gasteiger charge is -2.27. The maximum atomic E-state index is 5.68. The molecule has 0 radical (unpaired) electrons. The summed E-state index contributed by atoms with van der Waals surface area (Å²) in [5.74, 6) is 0.988. The van der Waals surface area contributed by atoms with Gasteiger partial charge >= 0.3 is 0 Å². The minimum atomic E-state index is 0.753. The Kier molecular flexibility index (Phi) is 3.17. The van der Waals surface area contributed by atoms with Crippen molar-refractivity contribution in [2.45, 2.75) is 38.3 Å². The molecule has 2 unspecified atom stereocenters. The Bertz CT molecular complexity index is 388. The predicted octanol–water partition coefficient (Wildman–Crippen LogP) is 2.17. The minimum Gasteiger partial charge on any atom is -0.330 e. The smallest absolute Gasteiger partial charge is 0.0239 e. The van der Waals surface area contributed by atoms with Crippen molar-refractivity contribution in [3.05, 3.63) is 35.4 Å². The highest BCUT2D eigenvalue weighted by atomic mass is 15.2. The van der Waals surface area contributed by atoms with Crippen molar-refractivity contribution in [3.8, 4) is 0 Å². The van der Waals surface area contributed by atoms with Crippen LogP contribution in [0.15, 0.2) is 24.3 Å². The quantitative estimate of drug-likeness (QED) is 0.859. The first-order valence-corrected chi connectivity index (χ1v) is 6.87. The Labute approximate surface area is 104 Å². The van der Waals surface area contributed by atoms with Gasteiger partial charge < -0.3 is 5.73 Å². The lowest BCUT2D eigenvalue weighted by atomic mass is 10.0. The largest absolute Gasteiger partial charge is 0.330 e. The number of benzene rings is 1. The van der Waals surface area contributed by atoms with Crippen molar-refractivity contribution in [2.24, 2.45) is 11.7 Å². The van der Waals surface area contributed by atoms with Gasteiger partial charge in [-0.2, -0.15) is 0 Å². The van der Waals surface area contributed by atoms with Crippen molar-refractivity contribution in [1.29, 1.82) is 0 Å². The van der Waals surface area contributed by atoms with E-state index >= 15 is 0 Å². The number of rotatable bonds is 4. The molecule has 1 heterocycles. The van der Waals surface area contributed by atoms with E-state index in [0.717, 1.165) is 31.5 Å². The van der Waals surface area contributed by atoms with Crippen LogP contribution in [-0.4, -0.2) is 24.0 Å². The van der Waals surface area contributed by atoms with Crippen molar-refractivity contribution in [2.75, 3.05) is 13.1 Å². The molecule has 3 rings (SSSR count). The number of hydrogen-bond donors (Lipinski definition) is 1. The highest BCUT2D eigenvalue weighted by Gasteiger charge is 2.37. The third-order valence-electron chi connectivity index (χ3n) is 4.43. The van der Waals surface area contributed by atoms with E-state index in [0.29, 0.717) is 0 Å². The van der Waals surface area contributed by atoms with Crippen LogP contribution in [0, 0.1) is 5.92 Å². The molecule has 2 aliphatic rings. The molecule has 1 aromatic rings.